The van der Waals surface area contributed by atoms with Crippen molar-refractivity contribution in [2.45, 2.75) is 49.8 Å². The second kappa shape index (κ2) is 5.68. The average Bonchev–Trinajstić information content (AvgIpc) is 3.20. The Bertz CT molecular complexity index is 625. The lowest BCUT2D eigenvalue weighted by molar-refractivity contribution is 0.0848. The van der Waals surface area contributed by atoms with E-state index in [0.29, 0.717) is 23.7 Å². The van der Waals surface area contributed by atoms with Crippen molar-refractivity contribution in [3.8, 4) is 0 Å². The Hall–Kier alpha value is -0.950. The number of nitrogens with one attached hydrogen (secondary N) is 1. The predicted molar refractivity (Wildman–Crippen MR) is 78.3 cm³/mol. The van der Waals surface area contributed by atoms with E-state index in [-0.39, 0.29) is 23.6 Å². The molecule has 1 saturated carbocycles. The van der Waals surface area contributed by atoms with Crippen molar-refractivity contribution in [3.05, 3.63) is 29.3 Å². The molecule has 0 radical (unpaired) electrons. The summed E-state index contributed by atoms with van der Waals surface area (Å²) in [5, 5.41) is 9.19. The van der Waals surface area contributed by atoms with E-state index in [1.165, 1.54) is 0 Å². The zero-order valence-corrected chi connectivity index (χ0v) is 12.9. The van der Waals surface area contributed by atoms with E-state index in [1.807, 2.05) is 0 Å². The summed E-state index contributed by atoms with van der Waals surface area (Å²) in [4.78, 5) is 0.246. The molecule has 2 atom stereocenters. The van der Waals surface area contributed by atoms with Crippen molar-refractivity contribution in [2.75, 3.05) is 6.61 Å². The third kappa shape index (κ3) is 3.13. The van der Waals surface area contributed by atoms with Gasteiger partial charge in [0.25, 0.3) is 0 Å². The topological polar surface area (TPSA) is 75.6 Å². The Labute approximate surface area is 125 Å². The average molecular weight is 311 g/mol. The van der Waals surface area contributed by atoms with Gasteiger partial charge in [-0.1, -0.05) is 12.1 Å². The molecular weight excluding hydrogens is 290 g/mol. The van der Waals surface area contributed by atoms with E-state index in [1.54, 1.807) is 25.1 Å². The number of rotatable bonds is 5. The van der Waals surface area contributed by atoms with Crippen LogP contribution in [0.15, 0.2) is 23.1 Å². The molecule has 1 aliphatic carbocycles. The molecule has 21 heavy (non-hydrogen) atoms. The second-order valence-electron chi connectivity index (χ2n) is 5.95. The quantitative estimate of drug-likeness (QED) is 0.860. The van der Waals surface area contributed by atoms with Crippen LogP contribution < -0.4 is 4.72 Å². The Kier molecular flexibility index (Phi) is 4.05. The molecule has 0 spiro atoms. The molecule has 0 bridgehead atoms. The smallest absolute Gasteiger partial charge is 0.241 e. The monoisotopic (exact) mass is 311 g/mol. The van der Waals surface area contributed by atoms with E-state index in [2.05, 4.69) is 4.72 Å². The highest BCUT2D eigenvalue weighted by Gasteiger charge is 2.42. The van der Waals surface area contributed by atoms with Crippen molar-refractivity contribution in [2.24, 2.45) is 5.92 Å². The van der Waals surface area contributed by atoms with E-state index in [9.17, 15) is 13.5 Å². The van der Waals surface area contributed by atoms with E-state index in [4.69, 9.17) is 4.74 Å². The van der Waals surface area contributed by atoms with Crippen LogP contribution >= 0.6 is 0 Å². The minimum Gasteiger partial charge on any atom is -0.392 e. The van der Waals surface area contributed by atoms with Gasteiger partial charge >= 0.3 is 0 Å². The fraction of sp³-hybridized carbons (Fsp3) is 0.600. The lowest BCUT2D eigenvalue weighted by Crippen LogP contribution is -2.41. The van der Waals surface area contributed by atoms with Gasteiger partial charge in [0, 0.05) is 6.61 Å². The molecule has 1 heterocycles. The first-order chi connectivity index (χ1) is 10.0. The number of aliphatic hydroxyl groups excluding tert-OH is 1. The molecule has 2 aliphatic rings. The first kappa shape index (κ1) is 15.0. The molecule has 2 N–H and O–H groups in total. The van der Waals surface area contributed by atoms with Crippen LogP contribution in [0, 0.1) is 12.8 Å². The molecular formula is C15H21NO4S. The normalized spacial score (nSPS) is 26.2. The molecule has 3 rings (SSSR count). The summed E-state index contributed by atoms with van der Waals surface area (Å²) in [6, 6.07) is 4.86. The van der Waals surface area contributed by atoms with Crippen LogP contribution in [-0.2, 0) is 21.4 Å². The van der Waals surface area contributed by atoms with Gasteiger partial charge in [0.2, 0.25) is 10.0 Å². The van der Waals surface area contributed by atoms with Gasteiger partial charge < -0.3 is 9.84 Å². The number of ether oxygens (including phenoxy) is 1. The molecule has 2 fully saturated rings. The number of aryl methyl sites for hydroxylation is 1. The molecule has 1 aromatic rings. The van der Waals surface area contributed by atoms with Gasteiger partial charge in [-0.2, -0.15) is 0 Å². The SMILES string of the molecule is Cc1ccc(CO)cc1S(=O)(=O)NC1CCOC1C1CC1. The first-order valence-electron chi connectivity index (χ1n) is 7.35. The molecule has 1 saturated heterocycles. The molecule has 2 unspecified atom stereocenters. The number of hydrogen-bond acceptors (Lipinski definition) is 4. The highest BCUT2D eigenvalue weighted by molar-refractivity contribution is 7.89. The third-order valence-corrected chi connectivity index (χ3v) is 5.89. The first-order valence-corrected chi connectivity index (χ1v) is 8.84. The van der Waals surface area contributed by atoms with E-state index < -0.39 is 10.0 Å². The van der Waals surface area contributed by atoms with Crippen LogP contribution in [-0.4, -0.2) is 32.3 Å². The fourth-order valence-electron chi connectivity index (χ4n) is 2.92. The van der Waals surface area contributed by atoms with E-state index in [0.717, 1.165) is 19.3 Å². The largest absolute Gasteiger partial charge is 0.392 e. The van der Waals surface area contributed by atoms with Gasteiger partial charge in [-0.15, -0.1) is 0 Å². The summed E-state index contributed by atoms with van der Waals surface area (Å²) in [5.74, 6) is 0.505. The van der Waals surface area contributed by atoms with Crippen molar-refractivity contribution >= 4 is 10.0 Å². The van der Waals surface area contributed by atoms with Crippen molar-refractivity contribution in [1.82, 2.24) is 4.72 Å². The van der Waals surface area contributed by atoms with Crippen LogP contribution in [0.5, 0.6) is 0 Å². The minimum atomic E-state index is -3.59. The number of sulfonamides is 1. The lowest BCUT2D eigenvalue weighted by atomic mass is 10.1. The van der Waals surface area contributed by atoms with Crippen LogP contribution in [0.3, 0.4) is 0 Å². The van der Waals surface area contributed by atoms with Gasteiger partial charge in [-0.05, 0) is 49.3 Å². The summed E-state index contributed by atoms with van der Waals surface area (Å²) >= 11 is 0. The zero-order valence-electron chi connectivity index (χ0n) is 12.1. The predicted octanol–water partition coefficient (Wildman–Crippen LogP) is 1.33. The van der Waals surface area contributed by atoms with Gasteiger partial charge in [0.15, 0.2) is 0 Å². The summed E-state index contributed by atoms with van der Waals surface area (Å²) in [5.41, 5.74) is 1.28. The van der Waals surface area contributed by atoms with Crippen LogP contribution in [0.1, 0.15) is 30.4 Å². The Balaban J connectivity index is 1.83. The molecule has 0 amide bonds. The Morgan fingerprint density at radius 1 is 1.33 bits per heavy atom. The number of aliphatic hydroxyl groups is 1. The molecule has 116 valence electrons. The van der Waals surface area contributed by atoms with Crippen molar-refractivity contribution in [1.29, 1.82) is 0 Å². The maximum Gasteiger partial charge on any atom is 0.241 e. The van der Waals surface area contributed by atoms with Crippen LogP contribution in [0.4, 0.5) is 0 Å². The number of hydrogen-bond donors (Lipinski definition) is 2. The molecule has 1 aromatic carbocycles. The van der Waals surface area contributed by atoms with Crippen molar-refractivity contribution < 1.29 is 18.3 Å². The second-order valence-corrected chi connectivity index (χ2v) is 7.63. The van der Waals surface area contributed by atoms with Crippen LogP contribution in [0.25, 0.3) is 0 Å². The highest BCUT2D eigenvalue weighted by atomic mass is 32.2. The number of benzene rings is 1. The highest BCUT2D eigenvalue weighted by Crippen LogP contribution is 2.39. The van der Waals surface area contributed by atoms with E-state index >= 15 is 0 Å². The van der Waals surface area contributed by atoms with Crippen molar-refractivity contribution in [3.63, 3.8) is 0 Å². The van der Waals surface area contributed by atoms with Gasteiger partial charge in [0.1, 0.15) is 0 Å². The maximum atomic E-state index is 12.6. The maximum absolute atomic E-state index is 12.6. The third-order valence-electron chi connectivity index (χ3n) is 4.25. The van der Waals surface area contributed by atoms with Crippen LogP contribution in [0.2, 0.25) is 0 Å². The van der Waals surface area contributed by atoms with Gasteiger partial charge in [-0.25, -0.2) is 13.1 Å². The Morgan fingerprint density at radius 3 is 2.76 bits per heavy atom. The summed E-state index contributed by atoms with van der Waals surface area (Å²) < 4.78 is 33.7. The van der Waals surface area contributed by atoms with Gasteiger partial charge in [0.05, 0.1) is 23.6 Å². The standard InChI is InChI=1S/C15H21NO4S/c1-10-2-3-11(9-17)8-14(10)21(18,19)16-13-6-7-20-15(13)12-4-5-12/h2-3,8,12-13,15-17H,4-7,9H2,1H3. The summed E-state index contributed by atoms with van der Waals surface area (Å²) in [6.45, 7) is 2.21. The lowest BCUT2D eigenvalue weighted by Gasteiger charge is -2.20. The summed E-state index contributed by atoms with van der Waals surface area (Å²) in [6.07, 6.45) is 2.99. The Morgan fingerprint density at radius 2 is 2.10 bits per heavy atom. The van der Waals surface area contributed by atoms with Gasteiger partial charge in [-0.3, -0.25) is 0 Å². The molecule has 1 aliphatic heterocycles. The fourth-order valence-corrected chi connectivity index (χ4v) is 4.50. The summed E-state index contributed by atoms with van der Waals surface area (Å²) in [7, 11) is -3.59. The molecule has 6 heteroatoms. The minimum absolute atomic E-state index is 0.0149. The molecule has 0 aromatic heterocycles. The zero-order chi connectivity index (χ0) is 15.0. The molecule has 5 nitrogen and oxygen atoms in total.